The first-order valence-electron chi connectivity index (χ1n) is 6.25. The van der Waals surface area contributed by atoms with Crippen LogP contribution in [-0.4, -0.2) is 6.17 Å². The fraction of sp³-hybridized carbons (Fsp3) is 1.00. The van der Waals surface area contributed by atoms with Crippen molar-refractivity contribution in [2.75, 3.05) is 0 Å². The maximum atomic E-state index is 6.02. The maximum Gasteiger partial charge on any atom is 0.0558 e. The zero-order valence-corrected chi connectivity index (χ0v) is 8.91. The van der Waals surface area contributed by atoms with Gasteiger partial charge in [-0.2, -0.15) is 0 Å². The molecule has 0 aromatic carbocycles. The lowest BCUT2D eigenvalue weighted by Crippen LogP contribution is -2.49. The first kappa shape index (κ1) is 9.17. The van der Waals surface area contributed by atoms with Crippen LogP contribution in [0.4, 0.5) is 0 Å². The van der Waals surface area contributed by atoms with Gasteiger partial charge in [-0.05, 0) is 55.3 Å². The fourth-order valence-corrected chi connectivity index (χ4v) is 5.08. The summed E-state index contributed by atoms with van der Waals surface area (Å²) in [5, 5.41) is 0. The molecule has 2 bridgehead atoms. The lowest BCUT2D eigenvalue weighted by atomic mass is 9.64. The van der Waals surface area contributed by atoms with Crippen molar-refractivity contribution in [2.45, 2.75) is 51.1 Å². The molecule has 3 aliphatic rings. The molecule has 3 aliphatic carbocycles. The highest BCUT2D eigenvalue weighted by Gasteiger charge is 2.59. The molecule has 0 radical (unpaired) electrons. The number of rotatable bonds is 1. The van der Waals surface area contributed by atoms with Gasteiger partial charge >= 0.3 is 0 Å². The molecule has 0 aliphatic heterocycles. The van der Waals surface area contributed by atoms with Gasteiger partial charge in [0, 0.05) is 0 Å². The second kappa shape index (κ2) is 2.96. The van der Waals surface area contributed by atoms with Crippen LogP contribution in [0, 0.1) is 23.2 Å². The van der Waals surface area contributed by atoms with Gasteiger partial charge in [0.2, 0.25) is 0 Å². The van der Waals surface area contributed by atoms with E-state index in [9.17, 15) is 0 Å². The van der Waals surface area contributed by atoms with E-state index in [-0.39, 0.29) is 6.17 Å². The Morgan fingerprint density at radius 1 is 1.07 bits per heavy atom. The summed E-state index contributed by atoms with van der Waals surface area (Å²) in [4.78, 5) is 0. The van der Waals surface area contributed by atoms with Crippen LogP contribution in [0.5, 0.6) is 0 Å². The Balaban J connectivity index is 1.93. The van der Waals surface area contributed by atoms with Crippen LogP contribution in [-0.2, 0) is 0 Å². The smallest absolute Gasteiger partial charge is 0.0558 e. The van der Waals surface area contributed by atoms with Crippen LogP contribution in [0.3, 0.4) is 0 Å². The quantitative estimate of drug-likeness (QED) is 0.626. The number of hydrogen-bond acceptors (Lipinski definition) is 2. The Bertz CT molecular complexity index is 230. The van der Waals surface area contributed by atoms with Crippen molar-refractivity contribution in [3.63, 3.8) is 0 Å². The van der Waals surface area contributed by atoms with Crippen LogP contribution in [0.1, 0.15) is 44.9 Å². The normalized spacial score (nSPS) is 44.4. The van der Waals surface area contributed by atoms with E-state index < -0.39 is 0 Å². The Morgan fingerprint density at radius 2 is 1.79 bits per heavy atom. The highest BCUT2D eigenvalue weighted by Crippen LogP contribution is 2.66. The summed E-state index contributed by atoms with van der Waals surface area (Å²) in [6.45, 7) is 0. The van der Waals surface area contributed by atoms with Crippen LogP contribution >= 0.6 is 0 Å². The third-order valence-electron chi connectivity index (χ3n) is 5.41. The predicted molar refractivity (Wildman–Crippen MR) is 57.4 cm³/mol. The molecule has 3 unspecified atom stereocenters. The molecule has 3 rings (SSSR count). The minimum atomic E-state index is -0.0524. The van der Waals surface area contributed by atoms with E-state index in [2.05, 4.69) is 0 Å². The first-order chi connectivity index (χ1) is 6.74. The standard InChI is InChI=1S/C12H22N2/c13-11(14)10-8-3-4-9(7-8)12(10)5-1-2-6-12/h8-11H,1-7,13-14H2. The average molecular weight is 194 g/mol. The van der Waals surface area contributed by atoms with Crippen molar-refractivity contribution in [1.29, 1.82) is 0 Å². The van der Waals surface area contributed by atoms with Gasteiger partial charge < -0.3 is 11.5 Å². The van der Waals surface area contributed by atoms with E-state index in [1.54, 1.807) is 0 Å². The summed E-state index contributed by atoms with van der Waals surface area (Å²) < 4.78 is 0. The number of nitrogens with two attached hydrogens (primary N) is 2. The topological polar surface area (TPSA) is 52.0 Å². The Labute approximate surface area is 86.4 Å². The molecule has 0 aromatic rings. The van der Waals surface area contributed by atoms with E-state index in [4.69, 9.17) is 11.5 Å². The predicted octanol–water partition coefficient (Wildman–Crippen LogP) is 1.84. The highest BCUT2D eigenvalue weighted by molar-refractivity contribution is 5.09. The van der Waals surface area contributed by atoms with Crippen LogP contribution in [0.15, 0.2) is 0 Å². The molecule has 3 atom stereocenters. The molecule has 0 aromatic heterocycles. The summed E-state index contributed by atoms with van der Waals surface area (Å²) in [5.74, 6) is 2.51. The molecule has 4 N–H and O–H groups in total. The number of hydrogen-bond donors (Lipinski definition) is 2. The van der Waals surface area contributed by atoms with Crippen molar-refractivity contribution in [3.05, 3.63) is 0 Å². The van der Waals surface area contributed by atoms with Gasteiger partial charge in [-0.25, -0.2) is 0 Å². The Morgan fingerprint density at radius 3 is 2.43 bits per heavy atom. The van der Waals surface area contributed by atoms with Crippen molar-refractivity contribution < 1.29 is 0 Å². The molecule has 14 heavy (non-hydrogen) atoms. The fourth-order valence-electron chi connectivity index (χ4n) is 5.08. The zero-order chi connectivity index (χ0) is 9.76. The maximum absolute atomic E-state index is 6.02. The molecule has 3 saturated carbocycles. The van der Waals surface area contributed by atoms with Gasteiger partial charge in [0.1, 0.15) is 0 Å². The highest BCUT2D eigenvalue weighted by atomic mass is 14.9. The third-order valence-corrected chi connectivity index (χ3v) is 5.41. The molecule has 0 saturated heterocycles. The second-order valence-electron chi connectivity index (χ2n) is 5.81. The Hall–Kier alpha value is -0.0800. The van der Waals surface area contributed by atoms with E-state index in [1.807, 2.05) is 0 Å². The van der Waals surface area contributed by atoms with Crippen LogP contribution < -0.4 is 11.5 Å². The van der Waals surface area contributed by atoms with E-state index in [0.717, 1.165) is 11.8 Å². The molecule has 80 valence electrons. The van der Waals surface area contributed by atoms with Gasteiger partial charge in [-0.3, -0.25) is 0 Å². The summed E-state index contributed by atoms with van der Waals surface area (Å²) in [7, 11) is 0. The monoisotopic (exact) mass is 194 g/mol. The van der Waals surface area contributed by atoms with Gasteiger partial charge in [-0.1, -0.05) is 12.8 Å². The van der Waals surface area contributed by atoms with Gasteiger partial charge in [0.25, 0.3) is 0 Å². The first-order valence-corrected chi connectivity index (χ1v) is 6.25. The molecule has 0 heterocycles. The largest absolute Gasteiger partial charge is 0.316 e. The molecular formula is C12H22N2. The van der Waals surface area contributed by atoms with Crippen molar-refractivity contribution in [3.8, 4) is 0 Å². The summed E-state index contributed by atoms with van der Waals surface area (Å²) in [5.41, 5.74) is 12.6. The van der Waals surface area contributed by atoms with Crippen molar-refractivity contribution in [1.82, 2.24) is 0 Å². The lowest BCUT2D eigenvalue weighted by Gasteiger charge is -2.43. The minimum Gasteiger partial charge on any atom is -0.316 e. The van der Waals surface area contributed by atoms with E-state index in [0.29, 0.717) is 11.3 Å². The third kappa shape index (κ3) is 0.989. The molecule has 1 spiro atoms. The SMILES string of the molecule is NC(N)C1C2CCC(C2)C12CCCC2. The van der Waals surface area contributed by atoms with E-state index in [1.165, 1.54) is 44.9 Å². The molecule has 2 heteroatoms. The molecular weight excluding hydrogens is 172 g/mol. The molecule has 3 fully saturated rings. The van der Waals surface area contributed by atoms with Gasteiger partial charge in [0.15, 0.2) is 0 Å². The zero-order valence-electron chi connectivity index (χ0n) is 8.91. The van der Waals surface area contributed by atoms with Gasteiger partial charge in [-0.15, -0.1) is 0 Å². The van der Waals surface area contributed by atoms with Crippen molar-refractivity contribution >= 4 is 0 Å². The summed E-state index contributed by atoms with van der Waals surface area (Å²) in [6, 6.07) is 0. The molecule has 0 amide bonds. The average Bonchev–Trinajstić information content (AvgIpc) is 2.78. The molecule has 2 nitrogen and oxygen atoms in total. The summed E-state index contributed by atoms with van der Waals surface area (Å²) >= 11 is 0. The van der Waals surface area contributed by atoms with Crippen molar-refractivity contribution in [2.24, 2.45) is 34.6 Å². The van der Waals surface area contributed by atoms with Crippen LogP contribution in [0.25, 0.3) is 0 Å². The second-order valence-corrected chi connectivity index (χ2v) is 5.81. The lowest BCUT2D eigenvalue weighted by molar-refractivity contribution is 0.0673. The summed E-state index contributed by atoms with van der Waals surface area (Å²) in [6.07, 6.45) is 9.95. The number of fused-ring (bicyclic) bond motifs is 3. The minimum absolute atomic E-state index is 0.0524. The van der Waals surface area contributed by atoms with Gasteiger partial charge in [0.05, 0.1) is 6.17 Å². The Kier molecular flexibility index (Phi) is 1.94. The van der Waals surface area contributed by atoms with E-state index >= 15 is 0 Å². The van der Waals surface area contributed by atoms with Crippen LogP contribution in [0.2, 0.25) is 0 Å².